The molecule has 2 aromatic carbocycles. The molecule has 2 N–H and O–H groups in total. The van der Waals surface area contributed by atoms with Gasteiger partial charge in [-0.05, 0) is 42.6 Å². The maximum atomic E-state index is 6.24. The van der Waals surface area contributed by atoms with Crippen molar-refractivity contribution in [1.82, 2.24) is 0 Å². The van der Waals surface area contributed by atoms with Crippen molar-refractivity contribution in [3.05, 3.63) is 58.6 Å². The minimum absolute atomic E-state index is 0.406. The van der Waals surface area contributed by atoms with E-state index in [9.17, 15) is 0 Å². The molecule has 0 spiro atoms. The number of nitrogens with two attached hydrogens (primary N) is 1. The van der Waals surface area contributed by atoms with Crippen LogP contribution in [-0.4, -0.2) is 6.54 Å². The molecule has 0 aliphatic heterocycles. The fraction of sp³-hybridized carbons (Fsp3) is 0.294. The second-order valence-electron chi connectivity index (χ2n) is 5.05. The molecule has 0 aromatic heterocycles. The average molecular weight is 290 g/mol. The average Bonchev–Trinajstić information content (AvgIpc) is 2.43. The molecule has 0 aliphatic rings. The van der Waals surface area contributed by atoms with Crippen molar-refractivity contribution in [3.8, 4) is 11.5 Å². The second kappa shape index (κ2) is 6.78. The van der Waals surface area contributed by atoms with Gasteiger partial charge in [-0.1, -0.05) is 49.7 Å². The van der Waals surface area contributed by atoms with Crippen LogP contribution in [0.1, 0.15) is 30.9 Å². The van der Waals surface area contributed by atoms with Gasteiger partial charge in [0.05, 0.1) is 0 Å². The molecule has 0 unspecified atom stereocenters. The van der Waals surface area contributed by atoms with Gasteiger partial charge in [0.2, 0.25) is 0 Å². The number of para-hydroxylation sites is 1. The summed E-state index contributed by atoms with van der Waals surface area (Å²) in [5.41, 5.74) is 7.81. The van der Waals surface area contributed by atoms with Crippen molar-refractivity contribution in [2.24, 2.45) is 5.73 Å². The summed E-state index contributed by atoms with van der Waals surface area (Å²) in [4.78, 5) is 0. The Bertz CT molecular complexity index is 581. The summed E-state index contributed by atoms with van der Waals surface area (Å²) in [5, 5.41) is 0.704. The van der Waals surface area contributed by atoms with E-state index in [1.165, 1.54) is 5.56 Å². The first kappa shape index (κ1) is 14.9. The molecular weight excluding hydrogens is 270 g/mol. The Morgan fingerprint density at radius 1 is 1.05 bits per heavy atom. The van der Waals surface area contributed by atoms with Crippen LogP contribution in [-0.2, 0) is 6.42 Å². The molecule has 3 heteroatoms. The highest BCUT2D eigenvalue weighted by Gasteiger charge is 2.12. The molecular formula is C17H20ClNO. The summed E-state index contributed by atoms with van der Waals surface area (Å²) in [6.07, 6.45) is 0.707. The number of rotatable bonds is 5. The molecule has 0 saturated carbocycles. The second-order valence-corrected chi connectivity index (χ2v) is 5.46. The Kier molecular flexibility index (Phi) is 5.05. The minimum atomic E-state index is 0.406. The van der Waals surface area contributed by atoms with Gasteiger partial charge < -0.3 is 10.5 Å². The van der Waals surface area contributed by atoms with Crippen molar-refractivity contribution in [2.75, 3.05) is 6.54 Å². The standard InChI is InChI=1S/C17H20ClNO/c1-12(2)13-6-3-4-8-16(13)20-17-9-5-7-15(18)14(17)10-11-19/h3-9,12H,10-11,19H2,1-2H3. The molecule has 0 atom stereocenters. The van der Waals surface area contributed by atoms with Crippen LogP contribution in [0.4, 0.5) is 0 Å². The Morgan fingerprint density at radius 3 is 2.45 bits per heavy atom. The minimum Gasteiger partial charge on any atom is -0.457 e. The zero-order valence-corrected chi connectivity index (χ0v) is 12.7. The highest BCUT2D eigenvalue weighted by Crippen LogP contribution is 2.34. The van der Waals surface area contributed by atoms with Gasteiger partial charge in [-0.25, -0.2) is 0 Å². The molecule has 0 amide bonds. The maximum absolute atomic E-state index is 6.24. The van der Waals surface area contributed by atoms with E-state index in [0.717, 1.165) is 17.1 Å². The number of hydrogen-bond donors (Lipinski definition) is 1. The highest BCUT2D eigenvalue weighted by molar-refractivity contribution is 6.31. The molecule has 0 bridgehead atoms. The van der Waals surface area contributed by atoms with Crippen LogP contribution in [0.5, 0.6) is 11.5 Å². The summed E-state index contributed by atoms with van der Waals surface area (Å²) >= 11 is 6.24. The van der Waals surface area contributed by atoms with Gasteiger partial charge in [-0.2, -0.15) is 0 Å². The largest absolute Gasteiger partial charge is 0.457 e. The van der Waals surface area contributed by atoms with Gasteiger partial charge in [0.15, 0.2) is 0 Å². The third-order valence-corrected chi connectivity index (χ3v) is 3.59. The third kappa shape index (κ3) is 3.33. The fourth-order valence-electron chi connectivity index (χ4n) is 2.19. The molecule has 0 fully saturated rings. The number of ether oxygens (including phenoxy) is 1. The number of halogens is 1. The van der Waals surface area contributed by atoms with Crippen molar-refractivity contribution < 1.29 is 4.74 Å². The van der Waals surface area contributed by atoms with Crippen molar-refractivity contribution in [2.45, 2.75) is 26.2 Å². The van der Waals surface area contributed by atoms with Crippen molar-refractivity contribution >= 4 is 11.6 Å². The summed E-state index contributed by atoms with van der Waals surface area (Å²) in [6, 6.07) is 13.8. The van der Waals surface area contributed by atoms with E-state index in [2.05, 4.69) is 19.9 Å². The Hall–Kier alpha value is -1.51. The number of hydrogen-bond acceptors (Lipinski definition) is 2. The Morgan fingerprint density at radius 2 is 1.75 bits per heavy atom. The lowest BCUT2D eigenvalue weighted by molar-refractivity contribution is 0.467. The zero-order chi connectivity index (χ0) is 14.5. The highest BCUT2D eigenvalue weighted by atomic mass is 35.5. The summed E-state index contributed by atoms with van der Waals surface area (Å²) in [5.74, 6) is 2.07. The molecule has 0 aliphatic carbocycles. The van der Waals surface area contributed by atoms with Crippen molar-refractivity contribution in [3.63, 3.8) is 0 Å². The Balaban J connectivity index is 2.38. The van der Waals surface area contributed by atoms with Gasteiger partial charge in [-0.15, -0.1) is 0 Å². The molecule has 0 heterocycles. The van der Waals surface area contributed by atoms with Crippen LogP contribution in [0, 0.1) is 0 Å². The van der Waals surface area contributed by atoms with Crippen LogP contribution in [0.15, 0.2) is 42.5 Å². The van der Waals surface area contributed by atoms with Gasteiger partial charge in [0, 0.05) is 10.6 Å². The monoisotopic (exact) mass is 289 g/mol. The van der Waals surface area contributed by atoms with Crippen LogP contribution in [0.2, 0.25) is 5.02 Å². The van der Waals surface area contributed by atoms with Crippen molar-refractivity contribution in [1.29, 1.82) is 0 Å². The smallest absolute Gasteiger partial charge is 0.132 e. The lowest BCUT2D eigenvalue weighted by Crippen LogP contribution is -2.05. The van der Waals surface area contributed by atoms with E-state index < -0.39 is 0 Å². The third-order valence-electron chi connectivity index (χ3n) is 3.23. The predicted molar refractivity (Wildman–Crippen MR) is 84.8 cm³/mol. The number of benzene rings is 2. The van der Waals surface area contributed by atoms with Crippen LogP contribution in [0.3, 0.4) is 0 Å². The van der Waals surface area contributed by atoms with E-state index in [4.69, 9.17) is 22.1 Å². The molecule has 20 heavy (non-hydrogen) atoms. The van der Waals surface area contributed by atoms with E-state index in [1.807, 2.05) is 36.4 Å². The first-order valence-electron chi connectivity index (χ1n) is 6.87. The lowest BCUT2D eigenvalue weighted by Gasteiger charge is -2.16. The van der Waals surface area contributed by atoms with Crippen LogP contribution in [0.25, 0.3) is 0 Å². The normalized spacial score (nSPS) is 10.8. The molecule has 2 aromatic rings. The summed E-state index contributed by atoms with van der Waals surface area (Å²) in [7, 11) is 0. The summed E-state index contributed by atoms with van der Waals surface area (Å²) in [6.45, 7) is 4.85. The molecule has 2 rings (SSSR count). The van der Waals surface area contributed by atoms with E-state index >= 15 is 0 Å². The van der Waals surface area contributed by atoms with Gasteiger partial charge in [0.1, 0.15) is 11.5 Å². The van der Waals surface area contributed by atoms with Gasteiger partial charge in [0.25, 0.3) is 0 Å². The quantitative estimate of drug-likeness (QED) is 0.861. The van der Waals surface area contributed by atoms with Gasteiger partial charge in [-0.3, -0.25) is 0 Å². The zero-order valence-electron chi connectivity index (χ0n) is 11.9. The van der Waals surface area contributed by atoms with Crippen LogP contribution >= 0.6 is 11.6 Å². The molecule has 0 radical (unpaired) electrons. The lowest BCUT2D eigenvalue weighted by atomic mass is 10.0. The first-order valence-corrected chi connectivity index (χ1v) is 7.25. The molecule has 2 nitrogen and oxygen atoms in total. The predicted octanol–water partition coefficient (Wildman–Crippen LogP) is 4.76. The fourth-order valence-corrected chi connectivity index (χ4v) is 2.45. The first-order chi connectivity index (χ1) is 9.63. The van der Waals surface area contributed by atoms with E-state index in [0.29, 0.717) is 23.9 Å². The maximum Gasteiger partial charge on any atom is 0.132 e. The molecule has 106 valence electrons. The topological polar surface area (TPSA) is 35.2 Å². The van der Waals surface area contributed by atoms with Crippen LogP contribution < -0.4 is 10.5 Å². The SMILES string of the molecule is CC(C)c1ccccc1Oc1cccc(Cl)c1CCN. The molecule has 0 saturated heterocycles. The van der Waals surface area contributed by atoms with E-state index in [-0.39, 0.29) is 0 Å². The summed E-state index contributed by atoms with van der Waals surface area (Å²) < 4.78 is 6.10. The van der Waals surface area contributed by atoms with E-state index in [1.54, 1.807) is 0 Å². The Labute approximate surface area is 125 Å². The van der Waals surface area contributed by atoms with Gasteiger partial charge >= 0.3 is 0 Å².